The van der Waals surface area contributed by atoms with Crippen LogP contribution >= 0.6 is 0 Å². The molecule has 32 heavy (non-hydrogen) atoms. The van der Waals surface area contributed by atoms with Crippen LogP contribution in [0.2, 0.25) is 0 Å². The number of hydrogen-bond donors (Lipinski definition) is 0. The van der Waals surface area contributed by atoms with Gasteiger partial charge in [0, 0.05) is 157 Å². The van der Waals surface area contributed by atoms with Crippen LogP contribution in [0.25, 0.3) is 0 Å². The lowest BCUT2D eigenvalue weighted by molar-refractivity contribution is 0.0647. The summed E-state index contributed by atoms with van der Waals surface area (Å²) in [5, 5.41) is 0. The van der Waals surface area contributed by atoms with Crippen molar-refractivity contribution in [2.75, 3.05) is 157 Å². The Morgan fingerprint density at radius 2 is 0.188 bits per heavy atom. The summed E-state index contributed by atoms with van der Waals surface area (Å²) in [6, 6.07) is 0. The van der Waals surface area contributed by atoms with E-state index in [0.717, 1.165) is 0 Å². The Morgan fingerprint density at radius 3 is 0.250 bits per heavy atom. The van der Waals surface area contributed by atoms with E-state index in [2.05, 4.69) is 39.2 Å². The summed E-state index contributed by atoms with van der Waals surface area (Å²) in [4.78, 5) is 21.9. The predicted molar refractivity (Wildman–Crippen MR) is 132 cm³/mol. The molecule has 8 nitrogen and oxygen atoms in total. The van der Waals surface area contributed by atoms with Crippen LogP contribution in [0.3, 0.4) is 0 Å². The Balaban J connectivity index is 1.31. The summed E-state index contributed by atoms with van der Waals surface area (Å²) in [6.45, 7) is 30.1. The Kier molecular flexibility index (Phi) is 8.70. The first-order valence-electron chi connectivity index (χ1n) is 13.6. The van der Waals surface area contributed by atoms with Crippen molar-refractivity contribution < 1.29 is 0 Å². The van der Waals surface area contributed by atoms with Crippen molar-refractivity contribution >= 4 is 0 Å². The van der Waals surface area contributed by atoms with E-state index in [9.17, 15) is 0 Å². The second-order valence-corrected chi connectivity index (χ2v) is 10.7. The minimum atomic E-state index is 1.24. The Bertz CT molecular complexity index is 414. The lowest BCUT2D eigenvalue weighted by atomic mass is 10.2. The molecular formula is C24H48N8. The van der Waals surface area contributed by atoms with E-state index < -0.39 is 0 Å². The van der Waals surface area contributed by atoms with Gasteiger partial charge in [0.05, 0.1) is 0 Å². The molecule has 15 rings (SSSR count). The van der Waals surface area contributed by atoms with Crippen LogP contribution in [0.5, 0.6) is 0 Å². The van der Waals surface area contributed by atoms with Crippen molar-refractivity contribution in [3.05, 3.63) is 0 Å². The highest BCUT2D eigenvalue weighted by Crippen LogP contribution is 2.09. The molecule has 0 aromatic carbocycles. The lowest BCUT2D eigenvalue weighted by Gasteiger charge is -2.41. The molecular weight excluding hydrogens is 400 g/mol. The second-order valence-electron chi connectivity index (χ2n) is 10.7. The van der Waals surface area contributed by atoms with Crippen LogP contribution in [0, 0.1) is 0 Å². The summed E-state index contributed by atoms with van der Waals surface area (Å²) >= 11 is 0. The molecule has 0 aromatic rings. The number of piperazine rings is 3. The third-order valence-corrected chi connectivity index (χ3v) is 8.79. The predicted octanol–water partition coefficient (Wildman–Crippen LogP) is -1.53. The maximum absolute atomic E-state index is 2.79. The van der Waals surface area contributed by atoms with E-state index in [1.165, 1.54) is 157 Å². The van der Waals surface area contributed by atoms with Gasteiger partial charge >= 0.3 is 0 Å². The average Bonchev–Trinajstić information content (AvgIpc) is 2.84. The van der Waals surface area contributed by atoms with E-state index in [1.807, 2.05) is 0 Å². The van der Waals surface area contributed by atoms with Crippen molar-refractivity contribution in [3.63, 3.8) is 0 Å². The van der Waals surface area contributed by atoms with Gasteiger partial charge in [-0.1, -0.05) is 0 Å². The minimum Gasteiger partial charge on any atom is -0.300 e. The van der Waals surface area contributed by atoms with Gasteiger partial charge in [-0.3, -0.25) is 39.2 Å². The summed E-state index contributed by atoms with van der Waals surface area (Å²) in [6.07, 6.45) is 0. The van der Waals surface area contributed by atoms with Gasteiger partial charge in [0.2, 0.25) is 0 Å². The van der Waals surface area contributed by atoms with Gasteiger partial charge in [-0.15, -0.1) is 0 Å². The molecule has 15 aliphatic heterocycles. The molecule has 0 radical (unpaired) electrons. The highest BCUT2D eigenvalue weighted by Gasteiger charge is 2.24. The third-order valence-electron chi connectivity index (χ3n) is 8.79. The van der Waals surface area contributed by atoms with Crippen LogP contribution in [-0.2, 0) is 0 Å². The van der Waals surface area contributed by atoms with Crippen LogP contribution in [0.4, 0.5) is 0 Å². The smallest absolute Gasteiger partial charge is 0.0110 e. The Labute approximate surface area is 196 Å². The van der Waals surface area contributed by atoms with E-state index in [0.29, 0.717) is 0 Å². The standard InChI is InChI=1S/C24H48N8/c1-2-26-4-3-25(1)13-19-31-21-15-27-5-9-29(10-6-27)17-23-32(20-14-26)24-18-30-11-7-28(8-12-30)16-22-31/h1-24H2. The van der Waals surface area contributed by atoms with Crippen molar-refractivity contribution in [1.29, 1.82) is 0 Å². The second kappa shape index (κ2) is 11.9. The first kappa shape index (κ1) is 23.4. The first-order chi connectivity index (χ1) is 15.8. The zero-order valence-corrected chi connectivity index (χ0v) is 20.5. The number of rotatable bonds is 0. The third kappa shape index (κ3) is 6.85. The molecule has 0 atom stereocenters. The topological polar surface area (TPSA) is 25.9 Å². The molecule has 0 amide bonds. The van der Waals surface area contributed by atoms with Crippen LogP contribution in [0.1, 0.15) is 0 Å². The quantitative estimate of drug-likeness (QED) is 0.441. The fraction of sp³-hybridized carbons (Fsp3) is 1.00. The Morgan fingerprint density at radius 1 is 0.125 bits per heavy atom. The monoisotopic (exact) mass is 448 g/mol. The van der Waals surface area contributed by atoms with E-state index in [4.69, 9.17) is 0 Å². The van der Waals surface area contributed by atoms with Gasteiger partial charge in [-0.25, -0.2) is 0 Å². The fourth-order valence-electron chi connectivity index (χ4n) is 6.08. The highest BCUT2D eigenvalue weighted by atomic mass is 15.3. The van der Waals surface area contributed by atoms with Crippen LogP contribution in [0.15, 0.2) is 0 Å². The zero-order valence-electron chi connectivity index (χ0n) is 20.5. The van der Waals surface area contributed by atoms with Gasteiger partial charge in [0.1, 0.15) is 0 Å². The minimum absolute atomic E-state index is 1.24. The van der Waals surface area contributed by atoms with Crippen LogP contribution in [-0.4, -0.2) is 196 Å². The molecule has 184 valence electrons. The molecule has 0 aromatic heterocycles. The number of hydrogen-bond acceptors (Lipinski definition) is 8. The fourth-order valence-corrected chi connectivity index (χ4v) is 6.08. The maximum Gasteiger partial charge on any atom is 0.0110 e. The normalized spacial score (nSPS) is 45.0. The largest absolute Gasteiger partial charge is 0.300 e. The summed E-state index contributed by atoms with van der Waals surface area (Å²) in [5.41, 5.74) is 0. The van der Waals surface area contributed by atoms with E-state index in [1.54, 1.807) is 0 Å². The van der Waals surface area contributed by atoms with Crippen LogP contribution < -0.4 is 0 Å². The molecule has 0 aliphatic carbocycles. The van der Waals surface area contributed by atoms with Gasteiger partial charge < -0.3 is 0 Å². The molecule has 15 heterocycles. The molecule has 0 unspecified atom stereocenters. The summed E-state index contributed by atoms with van der Waals surface area (Å²) in [5.74, 6) is 0. The molecule has 0 saturated carbocycles. The SMILES string of the molecule is C1CN2CCN1CCN1CCN3CCN(CC3)CCN(CC2)CCN2CCN(CC2)CC1. The number of nitrogens with zero attached hydrogens (tertiary/aromatic N) is 8. The van der Waals surface area contributed by atoms with Gasteiger partial charge in [0.15, 0.2) is 0 Å². The summed E-state index contributed by atoms with van der Waals surface area (Å²) in [7, 11) is 0. The van der Waals surface area contributed by atoms with E-state index in [-0.39, 0.29) is 0 Å². The van der Waals surface area contributed by atoms with Gasteiger partial charge in [-0.2, -0.15) is 0 Å². The summed E-state index contributed by atoms with van der Waals surface area (Å²) < 4.78 is 0. The van der Waals surface area contributed by atoms with Gasteiger partial charge in [-0.05, 0) is 0 Å². The van der Waals surface area contributed by atoms with Gasteiger partial charge in [0.25, 0.3) is 0 Å². The molecule has 15 aliphatic rings. The maximum atomic E-state index is 2.79. The van der Waals surface area contributed by atoms with Crippen molar-refractivity contribution in [1.82, 2.24) is 39.2 Å². The molecule has 15 fully saturated rings. The van der Waals surface area contributed by atoms with Crippen molar-refractivity contribution in [3.8, 4) is 0 Å². The molecule has 8 heteroatoms. The van der Waals surface area contributed by atoms with Crippen molar-refractivity contribution in [2.24, 2.45) is 0 Å². The molecule has 0 N–H and O–H groups in total. The van der Waals surface area contributed by atoms with Crippen molar-refractivity contribution in [2.45, 2.75) is 0 Å². The highest BCUT2D eigenvalue weighted by molar-refractivity contribution is 4.80. The lowest BCUT2D eigenvalue weighted by Crippen LogP contribution is -2.55. The zero-order chi connectivity index (χ0) is 21.6. The molecule has 8 bridgehead atoms. The molecule has 15 saturated heterocycles. The molecule has 0 spiro atoms. The average molecular weight is 449 g/mol. The Hall–Kier alpha value is -0.320. The first-order valence-corrected chi connectivity index (χ1v) is 13.6. The van der Waals surface area contributed by atoms with E-state index >= 15 is 0 Å².